The second-order valence-electron chi connectivity index (χ2n) is 7.74. The van der Waals surface area contributed by atoms with Crippen molar-refractivity contribution in [1.29, 1.82) is 0 Å². The number of likely N-dealkylation sites (tertiary alicyclic amines) is 2. The summed E-state index contributed by atoms with van der Waals surface area (Å²) in [4.78, 5) is 28.9. The van der Waals surface area contributed by atoms with Gasteiger partial charge in [0.15, 0.2) is 0 Å². The average molecular weight is 416 g/mol. The Morgan fingerprint density at radius 2 is 1.82 bits per heavy atom. The van der Waals surface area contributed by atoms with E-state index in [0.29, 0.717) is 44.5 Å². The van der Waals surface area contributed by atoms with E-state index in [-0.39, 0.29) is 35.8 Å². The minimum atomic E-state index is -0.855. The maximum absolute atomic E-state index is 13.9. The molecule has 8 heteroatoms. The van der Waals surface area contributed by atoms with E-state index < -0.39 is 17.5 Å². The molecule has 5 nitrogen and oxygen atoms in total. The number of carbonyl (C=O) groups is 2. The molecule has 0 aliphatic carbocycles. The molecule has 2 heterocycles. The van der Waals surface area contributed by atoms with Crippen LogP contribution in [0.2, 0.25) is 0 Å². The lowest BCUT2D eigenvalue weighted by Gasteiger charge is -2.41. The molecule has 3 rings (SSSR count). The van der Waals surface area contributed by atoms with Gasteiger partial charge in [-0.15, -0.1) is 12.4 Å². The SMILES string of the molecule is CC1CCN(C(=O)C2CCN(C(=O)c3ccc(F)cc3F)CC2)C(CN)C1.Cl. The Kier molecular flexibility index (Phi) is 7.78. The highest BCUT2D eigenvalue weighted by atomic mass is 35.5. The van der Waals surface area contributed by atoms with Gasteiger partial charge in [-0.1, -0.05) is 6.92 Å². The first-order valence-corrected chi connectivity index (χ1v) is 9.65. The fourth-order valence-corrected chi connectivity index (χ4v) is 4.16. The molecule has 2 unspecified atom stereocenters. The fourth-order valence-electron chi connectivity index (χ4n) is 4.16. The molecule has 2 aliphatic heterocycles. The number of halogens is 3. The topological polar surface area (TPSA) is 66.6 Å². The van der Waals surface area contributed by atoms with Gasteiger partial charge in [0, 0.05) is 44.2 Å². The van der Waals surface area contributed by atoms with Crippen molar-refractivity contribution in [3.63, 3.8) is 0 Å². The highest BCUT2D eigenvalue weighted by Crippen LogP contribution is 2.27. The Morgan fingerprint density at radius 3 is 2.43 bits per heavy atom. The largest absolute Gasteiger partial charge is 0.339 e. The lowest BCUT2D eigenvalue weighted by atomic mass is 9.89. The molecule has 2 aliphatic rings. The van der Waals surface area contributed by atoms with Crippen LogP contribution < -0.4 is 5.73 Å². The van der Waals surface area contributed by atoms with Crippen molar-refractivity contribution < 1.29 is 18.4 Å². The number of carbonyl (C=O) groups excluding carboxylic acids is 2. The van der Waals surface area contributed by atoms with Crippen molar-refractivity contribution in [2.75, 3.05) is 26.2 Å². The summed E-state index contributed by atoms with van der Waals surface area (Å²) in [6.07, 6.45) is 3.03. The van der Waals surface area contributed by atoms with Crippen molar-refractivity contribution in [2.45, 2.75) is 38.6 Å². The van der Waals surface area contributed by atoms with Crippen LogP contribution in [0.3, 0.4) is 0 Å². The molecular formula is C20H28ClF2N3O2. The van der Waals surface area contributed by atoms with Crippen molar-refractivity contribution in [1.82, 2.24) is 9.80 Å². The van der Waals surface area contributed by atoms with E-state index in [1.54, 1.807) is 4.90 Å². The zero-order valence-corrected chi connectivity index (χ0v) is 16.9. The van der Waals surface area contributed by atoms with E-state index in [9.17, 15) is 18.4 Å². The maximum atomic E-state index is 13.9. The number of nitrogens with two attached hydrogens (primary N) is 1. The second-order valence-corrected chi connectivity index (χ2v) is 7.74. The van der Waals surface area contributed by atoms with E-state index in [0.717, 1.165) is 25.5 Å². The van der Waals surface area contributed by atoms with Gasteiger partial charge in [0.1, 0.15) is 11.6 Å². The van der Waals surface area contributed by atoms with Crippen molar-refractivity contribution in [3.8, 4) is 0 Å². The summed E-state index contributed by atoms with van der Waals surface area (Å²) < 4.78 is 26.9. The Labute approximate surface area is 170 Å². The number of rotatable bonds is 3. The summed E-state index contributed by atoms with van der Waals surface area (Å²) in [6.45, 7) is 4.18. The van der Waals surface area contributed by atoms with Crippen LogP contribution in [0.25, 0.3) is 0 Å². The summed E-state index contributed by atoms with van der Waals surface area (Å²) in [5.41, 5.74) is 5.73. The Morgan fingerprint density at radius 1 is 1.14 bits per heavy atom. The Hall–Kier alpha value is -1.73. The van der Waals surface area contributed by atoms with Crippen molar-refractivity contribution >= 4 is 24.2 Å². The quantitative estimate of drug-likeness (QED) is 0.825. The van der Waals surface area contributed by atoms with Gasteiger partial charge in [-0.3, -0.25) is 9.59 Å². The standard InChI is InChI=1S/C20H27F2N3O2.ClH/c1-13-4-9-25(16(10-13)12-23)19(26)14-5-7-24(8-6-14)20(27)17-3-2-15(21)11-18(17)22;/h2-3,11,13-14,16H,4-10,12,23H2,1H3;1H. The lowest BCUT2D eigenvalue weighted by Crippen LogP contribution is -2.52. The predicted octanol–water partition coefficient (Wildman–Crippen LogP) is 2.82. The van der Waals surface area contributed by atoms with Gasteiger partial charge in [0.2, 0.25) is 5.91 Å². The van der Waals surface area contributed by atoms with Gasteiger partial charge in [0.05, 0.1) is 5.56 Å². The van der Waals surface area contributed by atoms with E-state index in [1.165, 1.54) is 6.07 Å². The molecule has 2 amide bonds. The van der Waals surface area contributed by atoms with Crippen LogP contribution >= 0.6 is 12.4 Å². The fraction of sp³-hybridized carbons (Fsp3) is 0.600. The van der Waals surface area contributed by atoms with Crippen molar-refractivity contribution in [3.05, 3.63) is 35.4 Å². The molecule has 0 spiro atoms. The first-order chi connectivity index (χ1) is 12.9. The van der Waals surface area contributed by atoms with Crippen LogP contribution in [0.5, 0.6) is 0 Å². The lowest BCUT2D eigenvalue weighted by molar-refractivity contribution is -0.141. The monoisotopic (exact) mass is 415 g/mol. The molecule has 156 valence electrons. The molecule has 2 saturated heterocycles. The molecular weight excluding hydrogens is 388 g/mol. The van der Waals surface area contributed by atoms with Crippen LogP contribution in [-0.2, 0) is 4.79 Å². The van der Waals surface area contributed by atoms with E-state index in [2.05, 4.69) is 6.92 Å². The number of benzene rings is 1. The molecule has 0 aromatic heterocycles. The van der Waals surface area contributed by atoms with E-state index in [4.69, 9.17) is 5.73 Å². The van der Waals surface area contributed by atoms with Crippen molar-refractivity contribution in [2.24, 2.45) is 17.6 Å². The highest BCUT2D eigenvalue weighted by molar-refractivity contribution is 5.94. The Bertz CT molecular complexity index is 711. The van der Waals surface area contributed by atoms with E-state index >= 15 is 0 Å². The normalized spacial score (nSPS) is 23.3. The molecule has 1 aromatic carbocycles. The summed E-state index contributed by atoms with van der Waals surface area (Å²) in [7, 11) is 0. The third-order valence-corrected chi connectivity index (χ3v) is 5.83. The first-order valence-electron chi connectivity index (χ1n) is 9.65. The van der Waals surface area contributed by atoms with Gasteiger partial charge in [-0.2, -0.15) is 0 Å². The number of amides is 2. The summed E-state index contributed by atoms with van der Waals surface area (Å²) in [5.74, 6) is -1.45. The maximum Gasteiger partial charge on any atom is 0.256 e. The van der Waals surface area contributed by atoms with Crippen LogP contribution in [-0.4, -0.2) is 53.8 Å². The summed E-state index contributed by atoms with van der Waals surface area (Å²) in [6, 6.07) is 3.06. The highest BCUT2D eigenvalue weighted by Gasteiger charge is 2.35. The van der Waals surface area contributed by atoms with Gasteiger partial charge in [0.25, 0.3) is 5.91 Å². The third-order valence-electron chi connectivity index (χ3n) is 5.83. The first kappa shape index (κ1) is 22.6. The minimum absolute atomic E-state index is 0. The third kappa shape index (κ3) is 4.81. The molecule has 0 bridgehead atoms. The number of nitrogens with zero attached hydrogens (tertiary/aromatic N) is 2. The predicted molar refractivity (Wildman–Crippen MR) is 105 cm³/mol. The molecule has 28 heavy (non-hydrogen) atoms. The van der Waals surface area contributed by atoms with Crippen LogP contribution in [0.1, 0.15) is 43.0 Å². The van der Waals surface area contributed by atoms with Gasteiger partial charge in [-0.25, -0.2) is 8.78 Å². The summed E-state index contributed by atoms with van der Waals surface area (Å²) in [5, 5.41) is 0. The molecule has 2 fully saturated rings. The van der Waals surface area contributed by atoms with Crippen LogP contribution in [0, 0.1) is 23.5 Å². The molecule has 2 atom stereocenters. The van der Waals surface area contributed by atoms with Gasteiger partial charge >= 0.3 is 0 Å². The van der Waals surface area contributed by atoms with Crippen LogP contribution in [0.4, 0.5) is 8.78 Å². The number of hydrogen-bond acceptors (Lipinski definition) is 3. The summed E-state index contributed by atoms with van der Waals surface area (Å²) >= 11 is 0. The zero-order valence-electron chi connectivity index (χ0n) is 16.1. The number of piperidine rings is 2. The zero-order chi connectivity index (χ0) is 19.6. The van der Waals surface area contributed by atoms with Gasteiger partial charge in [-0.05, 0) is 43.7 Å². The smallest absolute Gasteiger partial charge is 0.256 e. The van der Waals surface area contributed by atoms with E-state index in [1.807, 2.05) is 4.90 Å². The Balaban J connectivity index is 0.00000280. The van der Waals surface area contributed by atoms with Crippen LogP contribution in [0.15, 0.2) is 18.2 Å². The molecule has 0 saturated carbocycles. The minimum Gasteiger partial charge on any atom is -0.339 e. The molecule has 2 N–H and O–H groups in total. The average Bonchev–Trinajstić information content (AvgIpc) is 2.67. The molecule has 0 radical (unpaired) electrons. The second kappa shape index (κ2) is 9.65. The number of hydrogen-bond donors (Lipinski definition) is 1. The molecule has 1 aromatic rings. The van der Waals surface area contributed by atoms with Gasteiger partial charge < -0.3 is 15.5 Å².